The Balaban J connectivity index is 1.75. The maximum Gasteiger partial charge on any atom is 0.253 e. The summed E-state index contributed by atoms with van der Waals surface area (Å²) in [6.45, 7) is 2.77. The number of amides is 1. The lowest BCUT2D eigenvalue weighted by molar-refractivity contribution is 0.0785. The van der Waals surface area contributed by atoms with E-state index in [2.05, 4.69) is 21.2 Å². The van der Waals surface area contributed by atoms with Gasteiger partial charge in [-0.05, 0) is 59.4 Å². The van der Waals surface area contributed by atoms with E-state index >= 15 is 0 Å². The summed E-state index contributed by atoms with van der Waals surface area (Å²) in [6, 6.07) is 5.85. The first kappa shape index (κ1) is 13.4. The summed E-state index contributed by atoms with van der Waals surface area (Å²) in [5, 5.41) is 4.15. The van der Waals surface area contributed by atoms with Crippen molar-refractivity contribution < 1.29 is 4.79 Å². The Morgan fingerprint density at radius 3 is 3.00 bits per heavy atom. The molecule has 2 fully saturated rings. The van der Waals surface area contributed by atoms with Gasteiger partial charge in [0.15, 0.2) is 0 Å². The second-order valence-corrected chi connectivity index (χ2v) is 6.56. The number of nitrogens with zero attached hydrogens (tertiary/aromatic N) is 1. The normalized spacial score (nSPS) is 26.3. The highest BCUT2D eigenvalue weighted by molar-refractivity contribution is 9.10. The molecule has 102 valence electrons. The van der Waals surface area contributed by atoms with Gasteiger partial charge in [-0.2, -0.15) is 0 Å². The third-order valence-electron chi connectivity index (χ3n) is 4.05. The first-order valence-corrected chi connectivity index (χ1v) is 7.80. The van der Waals surface area contributed by atoms with Gasteiger partial charge in [0.2, 0.25) is 0 Å². The van der Waals surface area contributed by atoms with Gasteiger partial charge in [-0.25, -0.2) is 0 Å². The van der Waals surface area contributed by atoms with Crippen molar-refractivity contribution in [2.75, 3.05) is 19.6 Å². The van der Waals surface area contributed by atoms with Crippen LogP contribution < -0.4 is 5.32 Å². The number of nitrogens with one attached hydrogen (secondary N) is 1. The van der Waals surface area contributed by atoms with Gasteiger partial charge in [-0.15, -0.1) is 0 Å². The van der Waals surface area contributed by atoms with Crippen LogP contribution in [0.1, 0.15) is 23.2 Å². The molecule has 2 aliphatic heterocycles. The van der Waals surface area contributed by atoms with Crippen LogP contribution in [0, 0.1) is 5.92 Å². The average Bonchev–Trinajstić information content (AvgIpc) is 2.85. The van der Waals surface area contributed by atoms with Crippen LogP contribution in [0.5, 0.6) is 0 Å². The van der Waals surface area contributed by atoms with Gasteiger partial charge in [0.05, 0.1) is 5.02 Å². The van der Waals surface area contributed by atoms with Crippen molar-refractivity contribution in [3.63, 3.8) is 0 Å². The topological polar surface area (TPSA) is 32.3 Å². The van der Waals surface area contributed by atoms with Crippen LogP contribution in [0.2, 0.25) is 5.02 Å². The van der Waals surface area contributed by atoms with E-state index in [1.165, 1.54) is 12.8 Å². The molecule has 1 aromatic carbocycles. The van der Waals surface area contributed by atoms with E-state index in [9.17, 15) is 4.79 Å². The molecule has 1 aromatic rings. The molecule has 2 atom stereocenters. The van der Waals surface area contributed by atoms with Crippen molar-refractivity contribution in [3.05, 3.63) is 33.3 Å². The summed E-state index contributed by atoms with van der Waals surface area (Å²) in [7, 11) is 0. The quantitative estimate of drug-likeness (QED) is 0.850. The number of carbonyl (C=O) groups is 1. The number of piperidine rings is 1. The third-order valence-corrected chi connectivity index (χ3v) is 5.27. The third kappa shape index (κ3) is 2.67. The molecule has 0 aromatic heterocycles. The van der Waals surface area contributed by atoms with Crippen LogP contribution in [-0.4, -0.2) is 36.5 Å². The van der Waals surface area contributed by atoms with E-state index in [0.717, 1.165) is 24.1 Å². The van der Waals surface area contributed by atoms with Crippen LogP contribution in [0.25, 0.3) is 0 Å². The van der Waals surface area contributed by atoms with Gasteiger partial charge in [0.1, 0.15) is 0 Å². The Labute approximate surface area is 126 Å². The number of halogens is 2. The van der Waals surface area contributed by atoms with Crippen molar-refractivity contribution in [1.29, 1.82) is 0 Å². The highest BCUT2D eigenvalue weighted by Crippen LogP contribution is 2.28. The molecule has 0 bridgehead atoms. The molecular weight excluding hydrogens is 328 g/mol. The van der Waals surface area contributed by atoms with E-state index in [-0.39, 0.29) is 5.91 Å². The maximum absolute atomic E-state index is 12.5. The molecule has 1 N–H and O–H groups in total. The standard InChI is InChI=1S/C14H16BrClN2O/c15-11-6-9(3-4-12(11)16)14(19)18-7-10-2-1-5-17-13(10)8-18/h3-4,6,10,13,17H,1-2,5,7-8H2/t10-,13+/m0/s1. The van der Waals surface area contributed by atoms with Crippen molar-refractivity contribution in [2.24, 2.45) is 5.92 Å². The molecule has 2 aliphatic rings. The van der Waals surface area contributed by atoms with Crippen LogP contribution in [0.4, 0.5) is 0 Å². The molecule has 2 heterocycles. The molecule has 0 spiro atoms. The summed E-state index contributed by atoms with van der Waals surface area (Å²) in [6.07, 6.45) is 2.45. The minimum atomic E-state index is 0.105. The van der Waals surface area contributed by atoms with Crippen molar-refractivity contribution in [3.8, 4) is 0 Å². The molecule has 0 unspecified atom stereocenters. The van der Waals surface area contributed by atoms with Crippen LogP contribution >= 0.6 is 27.5 Å². The fourth-order valence-electron chi connectivity index (χ4n) is 3.02. The number of rotatable bonds is 1. The minimum Gasteiger partial charge on any atom is -0.337 e. The van der Waals surface area contributed by atoms with Gasteiger partial charge in [-0.3, -0.25) is 4.79 Å². The predicted molar refractivity (Wildman–Crippen MR) is 79.6 cm³/mol. The Bertz CT molecular complexity index is 494. The number of fused-ring (bicyclic) bond motifs is 1. The Morgan fingerprint density at radius 2 is 2.26 bits per heavy atom. The maximum atomic E-state index is 12.5. The van der Waals surface area contributed by atoms with Crippen LogP contribution in [-0.2, 0) is 0 Å². The Kier molecular flexibility index (Phi) is 3.83. The monoisotopic (exact) mass is 342 g/mol. The van der Waals surface area contributed by atoms with Gasteiger partial charge < -0.3 is 10.2 Å². The summed E-state index contributed by atoms with van der Waals surface area (Å²) in [5.74, 6) is 0.724. The van der Waals surface area contributed by atoms with E-state index in [1.807, 2.05) is 4.90 Å². The number of hydrogen-bond donors (Lipinski definition) is 1. The summed E-state index contributed by atoms with van der Waals surface area (Å²) in [5.41, 5.74) is 0.704. The zero-order valence-corrected chi connectivity index (χ0v) is 12.9. The van der Waals surface area contributed by atoms with Crippen molar-refractivity contribution in [2.45, 2.75) is 18.9 Å². The fraction of sp³-hybridized carbons (Fsp3) is 0.500. The lowest BCUT2D eigenvalue weighted by atomic mass is 9.94. The smallest absolute Gasteiger partial charge is 0.253 e. The van der Waals surface area contributed by atoms with Crippen molar-refractivity contribution in [1.82, 2.24) is 10.2 Å². The molecule has 3 nitrogen and oxygen atoms in total. The second-order valence-electron chi connectivity index (χ2n) is 5.30. The Hall–Kier alpha value is -0.580. The van der Waals surface area contributed by atoms with Crippen LogP contribution in [0.15, 0.2) is 22.7 Å². The molecular formula is C14H16BrClN2O. The predicted octanol–water partition coefficient (Wildman–Crippen LogP) is 2.93. The zero-order chi connectivity index (χ0) is 13.4. The van der Waals surface area contributed by atoms with E-state index in [4.69, 9.17) is 11.6 Å². The number of carbonyl (C=O) groups excluding carboxylic acids is 1. The SMILES string of the molecule is O=C(c1ccc(Cl)c(Br)c1)N1C[C@@H]2CCCN[C@@H]2C1. The zero-order valence-electron chi connectivity index (χ0n) is 10.5. The summed E-state index contributed by atoms with van der Waals surface area (Å²) >= 11 is 9.33. The molecule has 0 aliphatic carbocycles. The minimum absolute atomic E-state index is 0.105. The first-order chi connectivity index (χ1) is 9.15. The average molecular weight is 344 g/mol. The van der Waals surface area contributed by atoms with Crippen molar-refractivity contribution >= 4 is 33.4 Å². The molecule has 2 saturated heterocycles. The van der Waals surface area contributed by atoms with E-state index < -0.39 is 0 Å². The summed E-state index contributed by atoms with van der Waals surface area (Å²) < 4.78 is 0.773. The largest absolute Gasteiger partial charge is 0.337 e. The molecule has 5 heteroatoms. The molecule has 19 heavy (non-hydrogen) atoms. The van der Waals surface area contributed by atoms with E-state index in [0.29, 0.717) is 22.5 Å². The molecule has 3 rings (SSSR count). The molecule has 1 amide bonds. The second kappa shape index (κ2) is 5.43. The van der Waals surface area contributed by atoms with Crippen LogP contribution in [0.3, 0.4) is 0 Å². The molecule has 0 saturated carbocycles. The Morgan fingerprint density at radius 1 is 1.42 bits per heavy atom. The van der Waals surface area contributed by atoms with Gasteiger partial charge in [-0.1, -0.05) is 11.6 Å². The lowest BCUT2D eigenvalue weighted by Crippen LogP contribution is -2.41. The van der Waals surface area contributed by atoms with Gasteiger partial charge >= 0.3 is 0 Å². The highest BCUT2D eigenvalue weighted by atomic mass is 79.9. The van der Waals surface area contributed by atoms with Gasteiger partial charge in [0, 0.05) is 29.2 Å². The highest BCUT2D eigenvalue weighted by Gasteiger charge is 2.36. The number of benzene rings is 1. The molecule has 0 radical (unpaired) electrons. The summed E-state index contributed by atoms with van der Waals surface area (Å²) in [4.78, 5) is 14.4. The number of likely N-dealkylation sites (tertiary alicyclic amines) is 1. The van der Waals surface area contributed by atoms with E-state index in [1.54, 1.807) is 18.2 Å². The van der Waals surface area contributed by atoms with Gasteiger partial charge in [0.25, 0.3) is 5.91 Å². The number of hydrogen-bond acceptors (Lipinski definition) is 2. The lowest BCUT2D eigenvalue weighted by Gasteiger charge is -2.24. The first-order valence-electron chi connectivity index (χ1n) is 6.63. The fourth-order valence-corrected chi connectivity index (χ4v) is 3.52.